The summed E-state index contributed by atoms with van der Waals surface area (Å²) in [6.45, 7) is 4.73. The van der Waals surface area contributed by atoms with E-state index in [1.807, 2.05) is 0 Å². The van der Waals surface area contributed by atoms with Gasteiger partial charge in [-0.25, -0.2) is 8.78 Å². The Morgan fingerprint density at radius 2 is 1.36 bits per heavy atom. The Bertz CT molecular complexity index is 132. The fourth-order valence-corrected chi connectivity index (χ4v) is 3.28. The van der Waals surface area contributed by atoms with E-state index in [0.717, 1.165) is 0 Å². The van der Waals surface area contributed by atoms with Crippen molar-refractivity contribution in [2.24, 2.45) is 0 Å². The van der Waals surface area contributed by atoms with E-state index in [9.17, 15) is 8.78 Å². The van der Waals surface area contributed by atoms with Crippen LogP contribution in [0.15, 0.2) is 0 Å². The molecule has 0 bridgehead atoms. The lowest BCUT2D eigenvalue weighted by molar-refractivity contribution is 0.0389. The van der Waals surface area contributed by atoms with Gasteiger partial charge in [-0.1, -0.05) is 0 Å². The highest BCUT2D eigenvalue weighted by Crippen LogP contribution is 2.18. The van der Waals surface area contributed by atoms with E-state index in [-0.39, 0.29) is 19.8 Å². The molecule has 0 aliphatic rings. The molecule has 0 saturated heterocycles. The summed E-state index contributed by atoms with van der Waals surface area (Å²) in [5.74, 6) is -1.79. The molecular formula is C8H18F2O3Si. The average molecular weight is 228 g/mol. The summed E-state index contributed by atoms with van der Waals surface area (Å²) in [5.41, 5.74) is 0. The molecule has 0 N–H and O–H groups in total. The van der Waals surface area contributed by atoms with Gasteiger partial charge in [0.05, 0.1) is 0 Å². The molecule has 1 atom stereocenters. The summed E-state index contributed by atoms with van der Waals surface area (Å²) in [7, 11) is -3.44. The molecule has 0 aromatic heterocycles. The van der Waals surface area contributed by atoms with Crippen molar-refractivity contribution >= 4 is 8.80 Å². The van der Waals surface area contributed by atoms with E-state index in [0.29, 0.717) is 0 Å². The Morgan fingerprint density at radius 3 is 1.57 bits per heavy atom. The van der Waals surface area contributed by atoms with Crippen molar-refractivity contribution in [1.82, 2.24) is 0 Å². The van der Waals surface area contributed by atoms with Crippen LogP contribution in [0.25, 0.3) is 0 Å². The fourth-order valence-electron chi connectivity index (χ4n) is 1.09. The zero-order valence-electron chi connectivity index (χ0n) is 8.89. The molecule has 0 spiro atoms. The van der Waals surface area contributed by atoms with E-state index in [1.54, 1.807) is 20.8 Å². The number of hydrogen-bond acceptors (Lipinski definition) is 3. The van der Waals surface area contributed by atoms with Crippen LogP contribution in [0.1, 0.15) is 20.8 Å². The highest BCUT2D eigenvalue weighted by atomic mass is 28.4. The predicted octanol–water partition coefficient (Wildman–Crippen LogP) is 1.88. The van der Waals surface area contributed by atoms with Gasteiger partial charge in [-0.05, 0) is 20.8 Å². The molecule has 14 heavy (non-hydrogen) atoms. The lowest BCUT2D eigenvalue weighted by atomic mass is 10.9. The molecule has 6 heteroatoms. The standard InChI is InChI=1S/C8H18F2O3Si/c1-4-11-14(12-5-2,13-6-3)8(10)7-9/h8H,4-7H2,1-3H3. The van der Waals surface area contributed by atoms with Crippen LogP contribution < -0.4 is 0 Å². The average Bonchev–Trinajstić information content (AvgIpc) is 2.17. The predicted molar refractivity (Wildman–Crippen MR) is 51.5 cm³/mol. The minimum Gasteiger partial charge on any atom is -0.372 e. The molecule has 0 rings (SSSR count). The lowest BCUT2D eigenvalue weighted by Gasteiger charge is -2.29. The minimum atomic E-state index is -3.44. The highest BCUT2D eigenvalue weighted by molar-refractivity contribution is 6.62. The Morgan fingerprint density at radius 1 is 1.00 bits per heavy atom. The molecule has 3 nitrogen and oxygen atoms in total. The van der Waals surface area contributed by atoms with Gasteiger partial charge in [-0.15, -0.1) is 0 Å². The molecule has 0 radical (unpaired) electrons. The summed E-state index contributed by atoms with van der Waals surface area (Å²) >= 11 is 0. The third kappa shape index (κ3) is 3.60. The third-order valence-electron chi connectivity index (χ3n) is 1.56. The van der Waals surface area contributed by atoms with Gasteiger partial charge in [0, 0.05) is 19.8 Å². The molecule has 0 aromatic carbocycles. The van der Waals surface area contributed by atoms with Crippen LogP contribution in [0.4, 0.5) is 8.78 Å². The fraction of sp³-hybridized carbons (Fsp3) is 1.00. The molecule has 1 unspecified atom stereocenters. The topological polar surface area (TPSA) is 27.7 Å². The summed E-state index contributed by atoms with van der Waals surface area (Å²) in [6.07, 6.45) is 0. The second-order valence-corrected chi connectivity index (χ2v) is 5.22. The van der Waals surface area contributed by atoms with E-state index in [2.05, 4.69) is 0 Å². The van der Waals surface area contributed by atoms with Gasteiger partial charge in [0.2, 0.25) is 0 Å². The number of hydrogen-bond donors (Lipinski definition) is 0. The summed E-state index contributed by atoms with van der Waals surface area (Å²) in [4.78, 5) is 0. The van der Waals surface area contributed by atoms with Crippen LogP contribution in [0.2, 0.25) is 0 Å². The third-order valence-corrected chi connectivity index (χ3v) is 4.55. The molecule has 0 aliphatic carbocycles. The second kappa shape index (κ2) is 7.28. The molecule has 0 aliphatic heterocycles. The largest absolute Gasteiger partial charge is 0.539 e. The highest BCUT2D eigenvalue weighted by Gasteiger charge is 2.50. The Labute approximate surface area is 84.7 Å². The van der Waals surface area contributed by atoms with Crippen molar-refractivity contribution in [3.63, 3.8) is 0 Å². The van der Waals surface area contributed by atoms with Gasteiger partial charge in [-0.2, -0.15) is 0 Å². The van der Waals surface area contributed by atoms with Crippen LogP contribution in [0, 0.1) is 0 Å². The SMILES string of the molecule is CCO[Si](OCC)(OCC)C(F)CF. The maximum Gasteiger partial charge on any atom is 0.539 e. The molecule has 0 fully saturated rings. The van der Waals surface area contributed by atoms with Crippen LogP contribution >= 0.6 is 0 Å². The second-order valence-electron chi connectivity index (χ2n) is 2.52. The molecule has 0 amide bonds. The van der Waals surface area contributed by atoms with E-state index in [1.165, 1.54) is 0 Å². The number of alkyl halides is 2. The first kappa shape index (κ1) is 14.0. The Kier molecular flexibility index (Phi) is 7.25. The van der Waals surface area contributed by atoms with Gasteiger partial charge >= 0.3 is 8.80 Å². The number of halogens is 2. The van der Waals surface area contributed by atoms with Gasteiger partial charge in [-0.3, -0.25) is 0 Å². The summed E-state index contributed by atoms with van der Waals surface area (Å²) in [6, 6.07) is 0. The van der Waals surface area contributed by atoms with Crippen LogP contribution in [-0.2, 0) is 13.3 Å². The molecule has 86 valence electrons. The van der Waals surface area contributed by atoms with Crippen molar-refractivity contribution in [2.75, 3.05) is 26.5 Å². The molecule has 0 heterocycles. The van der Waals surface area contributed by atoms with Crippen LogP contribution in [-0.4, -0.2) is 41.1 Å². The van der Waals surface area contributed by atoms with Crippen LogP contribution in [0.3, 0.4) is 0 Å². The number of rotatable bonds is 8. The molecule has 0 saturated carbocycles. The maximum atomic E-state index is 13.3. The van der Waals surface area contributed by atoms with Gasteiger partial charge in [0.25, 0.3) is 0 Å². The summed E-state index contributed by atoms with van der Waals surface area (Å²) < 4.78 is 41.0. The zero-order chi connectivity index (χ0) is 11.0. The normalized spacial score (nSPS) is 14.4. The molecular weight excluding hydrogens is 210 g/mol. The van der Waals surface area contributed by atoms with Crippen molar-refractivity contribution < 1.29 is 22.1 Å². The lowest BCUT2D eigenvalue weighted by Crippen LogP contribution is -2.55. The van der Waals surface area contributed by atoms with E-state index < -0.39 is 21.3 Å². The first-order valence-electron chi connectivity index (χ1n) is 4.78. The molecule has 0 aromatic rings. The van der Waals surface area contributed by atoms with E-state index >= 15 is 0 Å². The van der Waals surface area contributed by atoms with Crippen molar-refractivity contribution in [2.45, 2.75) is 26.6 Å². The maximum absolute atomic E-state index is 13.3. The van der Waals surface area contributed by atoms with Gasteiger partial charge in [0.15, 0.2) is 5.79 Å². The smallest absolute Gasteiger partial charge is 0.372 e. The Hall–Kier alpha value is -0.0431. The van der Waals surface area contributed by atoms with Crippen molar-refractivity contribution in [3.8, 4) is 0 Å². The van der Waals surface area contributed by atoms with Gasteiger partial charge < -0.3 is 13.3 Å². The zero-order valence-corrected chi connectivity index (χ0v) is 9.89. The summed E-state index contributed by atoms with van der Waals surface area (Å²) in [5, 5.41) is 0. The quantitative estimate of drug-likeness (QED) is 0.594. The first-order valence-corrected chi connectivity index (χ1v) is 6.58. The van der Waals surface area contributed by atoms with E-state index in [4.69, 9.17) is 13.3 Å². The monoisotopic (exact) mass is 228 g/mol. The van der Waals surface area contributed by atoms with Crippen LogP contribution in [0.5, 0.6) is 0 Å². The Balaban J connectivity index is 4.53. The van der Waals surface area contributed by atoms with Crippen molar-refractivity contribution in [3.05, 3.63) is 0 Å². The minimum absolute atomic E-state index is 0.257. The van der Waals surface area contributed by atoms with Gasteiger partial charge in [0.1, 0.15) is 6.67 Å². The first-order chi connectivity index (χ1) is 6.66. The van der Waals surface area contributed by atoms with Crippen molar-refractivity contribution in [1.29, 1.82) is 0 Å².